The summed E-state index contributed by atoms with van der Waals surface area (Å²) in [4.78, 5) is 41.7. The van der Waals surface area contributed by atoms with E-state index in [1.165, 1.54) is 24.4 Å². The van der Waals surface area contributed by atoms with Crippen LogP contribution in [0.15, 0.2) is 41.3 Å². The molecule has 0 saturated carbocycles. The summed E-state index contributed by atoms with van der Waals surface area (Å²) in [5.74, 6) is -1.59. The summed E-state index contributed by atoms with van der Waals surface area (Å²) < 4.78 is 6.69. The minimum absolute atomic E-state index is 0.191. The van der Waals surface area contributed by atoms with Gasteiger partial charge in [0.2, 0.25) is 5.43 Å². The average Bonchev–Trinajstić information content (AvgIpc) is 2.72. The van der Waals surface area contributed by atoms with Gasteiger partial charge in [-0.3, -0.25) is 9.59 Å². The van der Waals surface area contributed by atoms with E-state index in [2.05, 4.69) is 10.3 Å². The van der Waals surface area contributed by atoms with E-state index in [1.54, 1.807) is 16.7 Å². The molecule has 0 aliphatic rings. The number of aryl methyl sites for hydroxylation is 2. The number of rotatable bonds is 5. The van der Waals surface area contributed by atoms with Gasteiger partial charge in [-0.25, -0.2) is 9.78 Å². The van der Waals surface area contributed by atoms with Crippen molar-refractivity contribution in [2.75, 3.05) is 11.9 Å². The maximum Gasteiger partial charge on any atom is 0.344 e. The van der Waals surface area contributed by atoms with Gasteiger partial charge in [-0.1, -0.05) is 11.6 Å². The molecule has 0 aliphatic heterocycles. The molecule has 0 bridgehead atoms. The minimum atomic E-state index is -0.925. The Balaban J connectivity index is 1.79. The summed E-state index contributed by atoms with van der Waals surface area (Å²) >= 11 is 5.88. The molecule has 2 aromatic heterocycles. The third-order valence-electron chi connectivity index (χ3n) is 4.33. The van der Waals surface area contributed by atoms with Crippen LogP contribution in [0.2, 0.25) is 5.02 Å². The zero-order chi connectivity index (χ0) is 21.8. The Labute approximate surface area is 176 Å². The van der Waals surface area contributed by atoms with E-state index in [-0.39, 0.29) is 16.8 Å². The second-order valence-corrected chi connectivity index (χ2v) is 6.84. The van der Waals surface area contributed by atoms with Crippen LogP contribution in [0.3, 0.4) is 0 Å². The van der Waals surface area contributed by atoms with Crippen molar-refractivity contribution in [3.05, 3.63) is 68.6 Å². The fourth-order valence-corrected chi connectivity index (χ4v) is 3.03. The maximum atomic E-state index is 12.7. The van der Waals surface area contributed by atoms with Crippen LogP contribution >= 0.6 is 11.6 Å². The van der Waals surface area contributed by atoms with E-state index >= 15 is 0 Å². The Morgan fingerprint density at radius 3 is 2.77 bits per heavy atom. The predicted octanol–water partition coefficient (Wildman–Crippen LogP) is 3.05. The Kier molecular flexibility index (Phi) is 6.14. The molecule has 9 heteroatoms. The lowest BCUT2D eigenvalue weighted by molar-refractivity contribution is -0.119. The number of hydrogen-bond donors (Lipinski definition) is 1. The first-order valence-electron chi connectivity index (χ1n) is 9.01. The fourth-order valence-electron chi connectivity index (χ4n) is 2.86. The molecule has 1 aromatic carbocycles. The van der Waals surface area contributed by atoms with Crippen molar-refractivity contribution in [3.8, 4) is 6.07 Å². The zero-order valence-electron chi connectivity index (χ0n) is 16.2. The SMILES string of the molecule is CCn1cc(C(=O)OCC(=O)Nc2cc(Cl)ccc2C#N)c(=O)c2ccc(C)nc21. The summed E-state index contributed by atoms with van der Waals surface area (Å²) in [6.45, 7) is 3.52. The van der Waals surface area contributed by atoms with E-state index in [0.717, 1.165) is 5.69 Å². The number of nitriles is 1. The van der Waals surface area contributed by atoms with Gasteiger partial charge >= 0.3 is 5.97 Å². The van der Waals surface area contributed by atoms with Gasteiger partial charge in [0.25, 0.3) is 5.91 Å². The summed E-state index contributed by atoms with van der Waals surface area (Å²) in [6.07, 6.45) is 1.38. The van der Waals surface area contributed by atoms with Crippen LogP contribution in [-0.4, -0.2) is 28.0 Å². The lowest BCUT2D eigenvalue weighted by atomic mass is 10.2. The number of pyridine rings is 2. The number of nitrogens with zero attached hydrogens (tertiary/aromatic N) is 3. The monoisotopic (exact) mass is 424 g/mol. The van der Waals surface area contributed by atoms with Crippen LogP contribution in [-0.2, 0) is 16.1 Å². The van der Waals surface area contributed by atoms with E-state index in [9.17, 15) is 14.4 Å². The highest BCUT2D eigenvalue weighted by Crippen LogP contribution is 2.20. The van der Waals surface area contributed by atoms with Crippen LogP contribution in [0.5, 0.6) is 0 Å². The number of amides is 1. The normalized spacial score (nSPS) is 10.5. The van der Waals surface area contributed by atoms with Crippen molar-refractivity contribution in [2.45, 2.75) is 20.4 Å². The van der Waals surface area contributed by atoms with Crippen LogP contribution in [0.1, 0.15) is 28.5 Å². The van der Waals surface area contributed by atoms with E-state index in [0.29, 0.717) is 22.6 Å². The number of carbonyl (C=O) groups is 2. The zero-order valence-corrected chi connectivity index (χ0v) is 17.0. The Bertz CT molecular complexity index is 1260. The molecule has 30 heavy (non-hydrogen) atoms. The first-order chi connectivity index (χ1) is 14.3. The highest BCUT2D eigenvalue weighted by Gasteiger charge is 2.19. The molecule has 0 radical (unpaired) electrons. The first-order valence-corrected chi connectivity index (χ1v) is 9.39. The van der Waals surface area contributed by atoms with Crippen molar-refractivity contribution in [1.82, 2.24) is 9.55 Å². The highest BCUT2D eigenvalue weighted by atomic mass is 35.5. The summed E-state index contributed by atoms with van der Waals surface area (Å²) in [5.41, 5.74) is 0.918. The van der Waals surface area contributed by atoms with Crippen molar-refractivity contribution >= 4 is 40.2 Å². The second-order valence-electron chi connectivity index (χ2n) is 6.41. The first kappa shape index (κ1) is 21.0. The van der Waals surface area contributed by atoms with Crippen LogP contribution in [0.25, 0.3) is 11.0 Å². The molecule has 3 aromatic rings. The lowest BCUT2D eigenvalue weighted by Gasteiger charge is -2.11. The molecule has 1 amide bonds. The van der Waals surface area contributed by atoms with Gasteiger partial charge in [0.15, 0.2) is 6.61 Å². The molecule has 0 atom stereocenters. The standard InChI is InChI=1S/C21H17ClN4O4/c1-3-26-10-16(19(28)15-7-4-12(2)24-20(15)26)21(29)30-11-18(27)25-17-8-14(22)6-5-13(17)9-23/h4-8,10H,3,11H2,1-2H3,(H,25,27). The van der Waals surface area contributed by atoms with Crippen LogP contribution in [0.4, 0.5) is 5.69 Å². The number of fused-ring (bicyclic) bond motifs is 1. The van der Waals surface area contributed by atoms with Crippen molar-refractivity contribution in [2.24, 2.45) is 0 Å². The Morgan fingerprint density at radius 1 is 1.30 bits per heavy atom. The fraction of sp³-hybridized carbons (Fsp3) is 0.190. The number of halogens is 1. The molecule has 0 unspecified atom stereocenters. The average molecular weight is 425 g/mol. The second kappa shape index (κ2) is 8.76. The van der Waals surface area contributed by atoms with E-state index in [4.69, 9.17) is 21.6 Å². The number of nitrogens with one attached hydrogen (secondary N) is 1. The molecule has 2 heterocycles. The smallest absolute Gasteiger partial charge is 0.344 e. The van der Waals surface area contributed by atoms with E-state index in [1.807, 2.05) is 19.9 Å². The Hall–Kier alpha value is -3.70. The summed E-state index contributed by atoms with van der Waals surface area (Å²) in [7, 11) is 0. The molecule has 1 N–H and O–H groups in total. The van der Waals surface area contributed by atoms with Crippen LogP contribution in [0, 0.1) is 18.3 Å². The van der Waals surface area contributed by atoms with Gasteiger partial charge in [0.05, 0.1) is 16.6 Å². The molecular formula is C21H17ClN4O4. The van der Waals surface area contributed by atoms with Gasteiger partial charge in [-0.05, 0) is 44.2 Å². The van der Waals surface area contributed by atoms with Gasteiger partial charge < -0.3 is 14.6 Å². The highest BCUT2D eigenvalue weighted by molar-refractivity contribution is 6.31. The molecule has 152 valence electrons. The van der Waals surface area contributed by atoms with Crippen LogP contribution < -0.4 is 10.7 Å². The minimum Gasteiger partial charge on any atom is -0.452 e. The van der Waals surface area contributed by atoms with Gasteiger partial charge in [-0.15, -0.1) is 0 Å². The molecule has 0 fully saturated rings. The van der Waals surface area contributed by atoms with Crippen molar-refractivity contribution < 1.29 is 14.3 Å². The van der Waals surface area contributed by atoms with Crippen molar-refractivity contribution in [1.29, 1.82) is 5.26 Å². The van der Waals surface area contributed by atoms with Gasteiger partial charge in [0.1, 0.15) is 17.3 Å². The summed E-state index contributed by atoms with van der Waals surface area (Å²) in [5, 5.41) is 12.2. The number of esters is 1. The molecule has 8 nitrogen and oxygen atoms in total. The number of anilines is 1. The third-order valence-corrected chi connectivity index (χ3v) is 4.57. The number of benzene rings is 1. The lowest BCUT2D eigenvalue weighted by Crippen LogP contribution is -2.25. The molecular weight excluding hydrogens is 408 g/mol. The molecule has 0 saturated heterocycles. The van der Waals surface area contributed by atoms with E-state index < -0.39 is 23.9 Å². The van der Waals surface area contributed by atoms with Crippen molar-refractivity contribution in [3.63, 3.8) is 0 Å². The molecule has 0 spiro atoms. The maximum absolute atomic E-state index is 12.7. The summed E-state index contributed by atoms with van der Waals surface area (Å²) in [6, 6.07) is 9.62. The predicted molar refractivity (Wildman–Crippen MR) is 111 cm³/mol. The van der Waals surface area contributed by atoms with Gasteiger partial charge in [0, 0.05) is 23.5 Å². The molecule has 3 rings (SSSR count). The number of hydrogen-bond acceptors (Lipinski definition) is 6. The largest absolute Gasteiger partial charge is 0.452 e. The number of carbonyl (C=O) groups excluding carboxylic acids is 2. The number of aromatic nitrogens is 2. The third kappa shape index (κ3) is 4.31. The topological polar surface area (TPSA) is 114 Å². The van der Waals surface area contributed by atoms with Gasteiger partial charge in [-0.2, -0.15) is 5.26 Å². The molecule has 0 aliphatic carbocycles. The Morgan fingerprint density at radius 2 is 2.07 bits per heavy atom. The number of ether oxygens (including phenoxy) is 1. The quantitative estimate of drug-likeness (QED) is 0.629.